The summed E-state index contributed by atoms with van der Waals surface area (Å²) in [6.07, 6.45) is 1.46. The standard InChI is InChI=1S/C18H14ClFN4O/c1-11-10-12(19)6-7-14(11)23-18-21-9-8-16(24-18)17(25)22-15-5-3-2-4-13(15)20/h2-10H,1H3,(H,22,25)(H,21,23,24). The van der Waals surface area contributed by atoms with Crippen molar-refractivity contribution in [2.24, 2.45) is 0 Å². The van der Waals surface area contributed by atoms with Gasteiger partial charge in [-0.15, -0.1) is 0 Å². The van der Waals surface area contributed by atoms with Crippen LogP contribution in [0, 0.1) is 12.7 Å². The Morgan fingerprint density at radius 2 is 1.92 bits per heavy atom. The van der Waals surface area contributed by atoms with Crippen LogP contribution >= 0.6 is 11.6 Å². The Morgan fingerprint density at radius 3 is 2.68 bits per heavy atom. The Balaban J connectivity index is 1.79. The fraction of sp³-hybridized carbons (Fsp3) is 0.0556. The Kier molecular flexibility index (Phi) is 4.90. The monoisotopic (exact) mass is 356 g/mol. The van der Waals surface area contributed by atoms with E-state index in [4.69, 9.17) is 11.6 Å². The van der Waals surface area contributed by atoms with Crippen molar-refractivity contribution in [3.05, 3.63) is 76.8 Å². The van der Waals surface area contributed by atoms with Gasteiger partial charge in [0.05, 0.1) is 5.69 Å². The maximum atomic E-state index is 13.6. The van der Waals surface area contributed by atoms with Gasteiger partial charge in [0, 0.05) is 16.9 Å². The molecule has 0 aliphatic heterocycles. The van der Waals surface area contributed by atoms with E-state index in [9.17, 15) is 9.18 Å². The van der Waals surface area contributed by atoms with Gasteiger partial charge in [-0.25, -0.2) is 14.4 Å². The van der Waals surface area contributed by atoms with Crippen LogP contribution in [0.5, 0.6) is 0 Å². The third-order valence-electron chi connectivity index (χ3n) is 3.45. The lowest BCUT2D eigenvalue weighted by Gasteiger charge is -2.10. The lowest BCUT2D eigenvalue weighted by Crippen LogP contribution is -2.15. The zero-order valence-corrected chi connectivity index (χ0v) is 14.0. The molecule has 0 saturated heterocycles. The first-order valence-electron chi connectivity index (χ1n) is 7.45. The van der Waals surface area contributed by atoms with E-state index in [-0.39, 0.29) is 17.3 Å². The molecule has 5 nitrogen and oxygen atoms in total. The summed E-state index contributed by atoms with van der Waals surface area (Å²) in [4.78, 5) is 20.5. The maximum absolute atomic E-state index is 13.6. The van der Waals surface area contributed by atoms with Crippen LogP contribution in [0.2, 0.25) is 5.02 Å². The van der Waals surface area contributed by atoms with Gasteiger partial charge >= 0.3 is 0 Å². The molecule has 3 aromatic rings. The quantitative estimate of drug-likeness (QED) is 0.718. The van der Waals surface area contributed by atoms with Crippen LogP contribution in [0.4, 0.5) is 21.7 Å². The lowest BCUT2D eigenvalue weighted by molar-refractivity contribution is 0.102. The molecule has 3 rings (SSSR count). The average Bonchev–Trinajstić information content (AvgIpc) is 2.60. The molecule has 7 heteroatoms. The fourth-order valence-electron chi connectivity index (χ4n) is 2.18. The van der Waals surface area contributed by atoms with Crippen LogP contribution in [-0.2, 0) is 0 Å². The number of aryl methyl sites for hydroxylation is 1. The number of amides is 1. The first kappa shape index (κ1) is 16.9. The van der Waals surface area contributed by atoms with Crippen molar-refractivity contribution in [3.8, 4) is 0 Å². The van der Waals surface area contributed by atoms with Gasteiger partial charge in [-0.05, 0) is 48.9 Å². The molecule has 0 saturated carbocycles. The Labute approximate surface area is 148 Å². The molecule has 25 heavy (non-hydrogen) atoms. The SMILES string of the molecule is Cc1cc(Cl)ccc1Nc1nccc(C(=O)Nc2ccccc2F)n1. The number of aromatic nitrogens is 2. The summed E-state index contributed by atoms with van der Waals surface area (Å²) >= 11 is 5.93. The largest absolute Gasteiger partial charge is 0.324 e. The normalized spacial score (nSPS) is 10.4. The van der Waals surface area contributed by atoms with Crippen LogP contribution in [-0.4, -0.2) is 15.9 Å². The van der Waals surface area contributed by atoms with Crippen LogP contribution in [0.1, 0.15) is 16.1 Å². The molecule has 0 aliphatic rings. The predicted octanol–water partition coefficient (Wildman–Crippen LogP) is 4.57. The number of hydrogen-bond acceptors (Lipinski definition) is 4. The molecule has 1 aromatic heterocycles. The van der Waals surface area contributed by atoms with Gasteiger partial charge in [0.25, 0.3) is 5.91 Å². The number of benzene rings is 2. The summed E-state index contributed by atoms with van der Waals surface area (Å²) in [5.74, 6) is -0.782. The van der Waals surface area contributed by atoms with E-state index < -0.39 is 11.7 Å². The van der Waals surface area contributed by atoms with Crippen molar-refractivity contribution in [2.75, 3.05) is 10.6 Å². The second-order valence-corrected chi connectivity index (χ2v) is 5.72. The van der Waals surface area contributed by atoms with E-state index in [0.29, 0.717) is 5.02 Å². The molecule has 0 aliphatic carbocycles. The minimum Gasteiger partial charge on any atom is -0.324 e. The van der Waals surface area contributed by atoms with Gasteiger partial charge in [0.2, 0.25) is 5.95 Å². The molecular weight excluding hydrogens is 343 g/mol. The summed E-state index contributed by atoms with van der Waals surface area (Å²) in [6, 6.07) is 12.7. The van der Waals surface area contributed by atoms with Crippen LogP contribution < -0.4 is 10.6 Å². The maximum Gasteiger partial charge on any atom is 0.274 e. The van der Waals surface area contributed by atoms with Gasteiger partial charge < -0.3 is 10.6 Å². The summed E-state index contributed by atoms with van der Waals surface area (Å²) in [5.41, 5.74) is 1.90. The number of nitrogens with one attached hydrogen (secondary N) is 2. The molecule has 0 unspecified atom stereocenters. The van der Waals surface area contributed by atoms with Crippen molar-refractivity contribution in [2.45, 2.75) is 6.92 Å². The highest BCUT2D eigenvalue weighted by Crippen LogP contribution is 2.22. The highest BCUT2D eigenvalue weighted by molar-refractivity contribution is 6.30. The van der Waals surface area contributed by atoms with E-state index in [0.717, 1.165) is 11.3 Å². The predicted molar refractivity (Wildman–Crippen MR) is 95.9 cm³/mol. The first-order chi connectivity index (χ1) is 12.0. The summed E-state index contributed by atoms with van der Waals surface area (Å²) in [7, 11) is 0. The van der Waals surface area contributed by atoms with E-state index in [1.807, 2.05) is 6.92 Å². The van der Waals surface area contributed by atoms with E-state index in [1.165, 1.54) is 24.4 Å². The van der Waals surface area contributed by atoms with E-state index >= 15 is 0 Å². The molecule has 0 radical (unpaired) electrons. The second-order valence-electron chi connectivity index (χ2n) is 5.28. The number of rotatable bonds is 4. The average molecular weight is 357 g/mol. The van der Waals surface area contributed by atoms with Crippen LogP contribution in [0.25, 0.3) is 0 Å². The van der Waals surface area contributed by atoms with Crippen LogP contribution in [0.3, 0.4) is 0 Å². The van der Waals surface area contributed by atoms with Crippen LogP contribution in [0.15, 0.2) is 54.7 Å². The number of para-hydroxylation sites is 1. The van der Waals surface area contributed by atoms with Gasteiger partial charge in [0.1, 0.15) is 11.5 Å². The molecule has 2 N–H and O–H groups in total. The van der Waals surface area contributed by atoms with Gasteiger partial charge in [-0.2, -0.15) is 0 Å². The molecule has 0 bridgehead atoms. The molecule has 1 amide bonds. The number of hydrogen-bond donors (Lipinski definition) is 2. The number of carbonyl (C=O) groups is 1. The van der Waals surface area contributed by atoms with E-state index in [2.05, 4.69) is 20.6 Å². The van der Waals surface area contributed by atoms with Gasteiger partial charge in [-0.3, -0.25) is 4.79 Å². The molecule has 1 heterocycles. The minimum atomic E-state index is -0.525. The number of halogens is 2. The fourth-order valence-corrected chi connectivity index (χ4v) is 2.41. The summed E-state index contributed by atoms with van der Waals surface area (Å²) < 4.78 is 13.6. The lowest BCUT2D eigenvalue weighted by atomic mass is 10.2. The number of nitrogens with zero attached hydrogens (tertiary/aromatic N) is 2. The van der Waals surface area contributed by atoms with Crippen molar-refractivity contribution >= 4 is 34.8 Å². The zero-order valence-electron chi connectivity index (χ0n) is 13.3. The molecule has 126 valence electrons. The molecular formula is C18H14ClFN4O. The number of anilines is 3. The Bertz CT molecular complexity index is 932. The van der Waals surface area contributed by atoms with Crippen molar-refractivity contribution in [1.29, 1.82) is 0 Å². The Hall–Kier alpha value is -2.99. The van der Waals surface area contributed by atoms with E-state index in [1.54, 1.807) is 30.3 Å². The third-order valence-corrected chi connectivity index (χ3v) is 3.68. The number of carbonyl (C=O) groups excluding carboxylic acids is 1. The summed E-state index contributed by atoms with van der Waals surface area (Å²) in [5, 5.41) is 6.15. The minimum absolute atomic E-state index is 0.0918. The van der Waals surface area contributed by atoms with Gasteiger partial charge in [-0.1, -0.05) is 23.7 Å². The molecule has 2 aromatic carbocycles. The topological polar surface area (TPSA) is 66.9 Å². The molecule has 0 spiro atoms. The molecule has 0 atom stereocenters. The zero-order chi connectivity index (χ0) is 17.8. The highest BCUT2D eigenvalue weighted by atomic mass is 35.5. The first-order valence-corrected chi connectivity index (χ1v) is 7.83. The van der Waals surface area contributed by atoms with Gasteiger partial charge in [0.15, 0.2) is 0 Å². The Morgan fingerprint density at radius 1 is 1.12 bits per heavy atom. The smallest absolute Gasteiger partial charge is 0.274 e. The van der Waals surface area contributed by atoms with Crippen molar-refractivity contribution in [1.82, 2.24) is 9.97 Å². The van der Waals surface area contributed by atoms with Crippen molar-refractivity contribution < 1.29 is 9.18 Å². The molecule has 0 fully saturated rings. The van der Waals surface area contributed by atoms with Crippen molar-refractivity contribution in [3.63, 3.8) is 0 Å². The summed E-state index contributed by atoms with van der Waals surface area (Å²) in [6.45, 7) is 1.89. The third kappa shape index (κ3) is 4.10. The highest BCUT2D eigenvalue weighted by Gasteiger charge is 2.12. The second kappa shape index (κ2) is 7.27.